The molecular weight excluding hydrogens is 379 g/mol. The van der Waals surface area contributed by atoms with E-state index in [2.05, 4.69) is 20.2 Å². The lowest BCUT2D eigenvalue weighted by Crippen LogP contribution is -2.54. The van der Waals surface area contributed by atoms with E-state index in [0.717, 1.165) is 37.6 Å². The highest BCUT2D eigenvalue weighted by molar-refractivity contribution is 6.31. The van der Waals surface area contributed by atoms with E-state index in [0.29, 0.717) is 5.69 Å². The molecule has 0 aromatic heterocycles. The van der Waals surface area contributed by atoms with Gasteiger partial charge >= 0.3 is 0 Å². The van der Waals surface area contributed by atoms with E-state index in [4.69, 9.17) is 17.3 Å². The first-order valence-corrected chi connectivity index (χ1v) is 9.63. The molecule has 4 rings (SSSR count). The molecule has 0 amide bonds. The number of hydrogen-bond donors (Lipinski definition) is 2. The summed E-state index contributed by atoms with van der Waals surface area (Å²) < 4.78 is 13.5. The Labute approximate surface area is 168 Å². The van der Waals surface area contributed by atoms with Gasteiger partial charge < -0.3 is 16.0 Å². The van der Waals surface area contributed by atoms with E-state index >= 15 is 0 Å². The summed E-state index contributed by atoms with van der Waals surface area (Å²) >= 11 is 5.94. The van der Waals surface area contributed by atoms with Crippen molar-refractivity contribution in [1.29, 1.82) is 0 Å². The molecule has 146 valence electrons. The van der Waals surface area contributed by atoms with Gasteiger partial charge in [0.1, 0.15) is 5.82 Å². The zero-order valence-electron chi connectivity index (χ0n) is 15.6. The van der Waals surface area contributed by atoms with Crippen molar-refractivity contribution in [1.82, 2.24) is 4.90 Å². The van der Waals surface area contributed by atoms with Gasteiger partial charge in [0.15, 0.2) is 0 Å². The van der Waals surface area contributed by atoms with Crippen LogP contribution in [0.15, 0.2) is 52.4 Å². The van der Waals surface area contributed by atoms with Gasteiger partial charge in [-0.25, -0.2) is 9.38 Å². The molecule has 2 aliphatic rings. The van der Waals surface area contributed by atoms with Gasteiger partial charge in [0.2, 0.25) is 18.2 Å². The lowest BCUT2D eigenvalue weighted by Gasteiger charge is -2.38. The molecule has 2 aromatic carbocycles. The molecule has 3 N–H and O–H groups in total. The largest absolute Gasteiger partial charge is 0.368 e. The molecule has 0 aliphatic carbocycles. The maximum absolute atomic E-state index is 13.5. The van der Waals surface area contributed by atoms with Crippen LogP contribution >= 0.6 is 11.6 Å². The molecule has 2 heterocycles. The molecule has 1 unspecified atom stereocenters. The molecule has 28 heavy (non-hydrogen) atoms. The van der Waals surface area contributed by atoms with Gasteiger partial charge in [0.25, 0.3) is 0 Å². The summed E-state index contributed by atoms with van der Waals surface area (Å²) in [6.07, 6.45) is 1.70. The van der Waals surface area contributed by atoms with E-state index in [9.17, 15) is 4.39 Å². The smallest absolute Gasteiger partial charge is 0.222 e. The summed E-state index contributed by atoms with van der Waals surface area (Å²) in [6, 6.07) is 12.6. The summed E-state index contributed by atoms with van der Waals surface area (Å²) in [6.45, 7) is 3.88. The number of anilines is 2. The fraction of sp³-hybridized carbons (Fsp3) is 0.300. The van der Waals surface area contributed by atoms with Crippen molar-refractivity contribution in [3.63, 3.8) is 0 Å². The third-order valence-electron chi connectivity index (χ3n) is 4.85. The molecule has 0 saturated carbocycles. The Balaban J connectivity index is 1.72. The molecule has 0 bridgehead atoms. The van der Waals surface area contributed by atoms with Gasteiger partial charge in [-0.05, 0) is 50.1 Å². The average Bonchev–Trinajstić information content (AvgIpc) is 3.20. The van der Waals surface area contributed by atoms with Gasteiger partial charge in [0, 0.05) is 24.5 Å². The number of nitrogens with two attached hydrogens (primary N) is 1. The predicted octanol–water partition coefficient (Wildman–Crippen LogP) is 3.77. The van der Waals surface area contributed by atoms with E-state index in [1.165, 1.54) is 17.7 Å². The Morgan fingerprint density at radius 2 is 1.86 bits per heavy atom. The molecule has 1 saturated heterocycles. The number of hydrogen-bond acceptors (Lipinski definition) is 6. The number of halogens is 2. The maximum Gasteiger partial charge on any atom is 0.222 e. The number of aliphatic imine (C=N–C) groups is 2. The van der Waals surface area contributed by atoms with Crippen LogP contribution in [0.3, 0.4) is 0 Å². The van der Waals surface area contributed by atoms with Crippen molar-refractivity contribution in [2.45, 2.75) is 26.1 Å². The zero-order chi connectivity index (χ0) is 19.7. The van der Waals surface area contributed by atoms with Gasteiger partial charge in [-0.2, -0.15) is 4.99 Å². The van der Waals surface area contributed by atoms with Gasteiger partial charge in [-0.1, -0.05) is 29.3 Å². The summed E-state index contributed by atoms with van der Waals surface area (Å²) in [4.78, 5) is 13.3. The van der Waals surface area contributed by atoms with Crippen LogP contribution in [0.25, 0.3) is 0 Å². The number of rotatable bonds is 3. The second-order valence-corrected chi connectivity index (χ2v) is 7.35. The van der Waals surface area contributed by atoms with Crippen molar-refractivity contribution in [3.05, 3.63) is 58.9 Å². The summed E-state index contributed by atoms with van der Waals surface area (Å²) in [5.41, 5.74) is 8.79. The topological polar surface area (TPSA) is 69.2 Å². The van der Waals surface area contributed by atoms with Crippen LogP contribution in [0.2, 0.25) is 5.02 Å². The van der Waals surface area contributed by atoms with E-state index in [1.54, 1.807) is 6.07 Å². The predicted molar refractivity (Wildman–Crippen MR) is 112 cm³/mol. The lowest BCUT2D eigenvalue weighted by molar-refractivity contribution is 0.497. The van der Waals surface area contributed by atoms with E-state index < -0.39 is 12.1 Å². The number of nitrogens with one attached hydrogen (secondary N) is 1. The lowest BCUT2D eigenvalue weighted by atomic mass is 10.2. The number of nitrogens with zero attached hydrogens (tertiary/aromatic N) is 4. The Morgan fingerprint density at radius 1 is 1.14 bits per heavy atom. The fourth-order valence-electron chi connectivity index (χ4n) is 3.41. The first-order valence-electron chi connectivity index (χ1n) is 9.26. The van der Waals surface area contributed by atoms with Crippen LogP contribution in [-0.4, -0.2) is 36.2 Å². The second kappa shape index (κ2) is 7.67. The summed E-state index contributed by atoms with van der Waals surface area (Å²) in [5, 5.41) is 3.34. The Morgan fingerprint density at radius 3 is 2.54 bits per heavy atom. The van der Waals surface area contributed by atoms with Crippen LogP contribution in [-0.2, 0) is 0 Å². The van der Waals surface area contributed by atoms with Crippen molar-refractivity contribution in [2.24, 2.45) is 15.7 Å². The standard InChI is InChI=1S/C20H22ClFN6/c1-13-4-7-15(8-5-13)28-19(24-14-6-9-17(22)16(21)12-14)25-18(23)26-20(28)27-10-2-3-11-27/h4-9,12,19,24H,2-3,10-11H2,1H3,(H2,23,25). The highest BCUT2D eigenvalue weighted by atomic mass is 35.5. The minimum Gasteiger partial charge on any atom is -0.368 e. The van der Waals surface area contributed by atoms with Crippen molar-refractivity contribution < 1.29 is 4.39 Å². The molecule has 2 aromatic rings. The van der Waals surface area contributed by atoms with Crippen LogP contribution in [0.4, 0.5) is 15.8 Å². The van der Waals surface area contributed by atoms with Crippen LogP contribution in [0.5, 0.6) is 0 Å². The monoisotopic (exact) mass is 400 g/mol. The van der Waals surface area contributed by atoms with Crippen LogP contribution in [0, 0.1) is 12.7 Å². The fourth-order valence-corrected chi connectivity index (χ4v) is 3.59. The molecule has 2 aliphatic heterocycles. The molecular formula is C20H22ClFN6. The minimum atomic E-state index is -0.530. The minimum absolute atomic E-state index is 0.0491. The second-order valence-electron chi connectivity index (χ2n) is 6.95. The summed E-state index contributed by atoms with van der Waals surface area (Å²) in [7, 11) is 0. The molecule has 1 fully saturated rings. The van der Waals surface area contributed by atoms with Gasteiger partial charge in [-0.3, -0.25) is 4.90 Å². The summed E-state index contributed by atoms with van der Waals surface area (Å²) in [5.74, 6) is 0.504. The Kier molecular flexibility index (Phi) is 5.09. The molecule has 8 heteroatoms. The average molecular weight is 401 g/mol. The molecule has 0 radical (unpaired) electrons. The van der Waals surface area contributed by atoms with Crippen molar-refractivity contribution >= 4 is 34.9 Å². The SMILES string of the molecule is Cc1ccc(N2C(N3CCCC3)=NC(N)=NC2Nc2ccc(F)c(Cl)c2)cc1. The number of benzene rings is 2. The number of aryl methyl sites for hydroxylation is 1. The number of likely N-dealkylation sites (tertiary alicyclic amines) is 1. The Bertz CT molecular complexity index is 921. The first-order chi connectivity index (χ1) is 13.5. The maximum atomic E-state index is 13.5. The van der Waals surface area contributed by atoms with Crippen molar-refractivity contribution in [2.75, 3.05) is 23.3 Å². The first kappa shape index (κ1) is 18.6. The highest BCUT2D eigenvalue weighted by Gasteiger charge is 2.32. The van der Waals surface area contributed by atoms with E-state index in [-0.39, 0.29) is 11.0 Å². The number of guanidine groups is 2. The van der Waals surface area contributed by atoms with Crippen LogP contribution in [0.1, 0.15) is 18.4 Å². The highest BCUT2D eigenvalue weighted by Crippen LogP contribution is 2.27. The van der Waals surface area contributed by atoms with Crippen LogP contribution < -0.4 is 16.0 Å². The third-order valence-corrected chi connectivity index (χ3v) is 5.14. The van der Waals surface area contributed by atoms with Gasteiger partial charge in [0.05, 0.1) is 5.02 Å². The molecule has 6 nitrogen and oxygen atoms in total. The normalized spacial score (nSPS) is 19.5. The van der Waals surface area contributed by atoms with Gasteiger partial charge in [-0.15, -0.1) is 0 Å². The molecule has 0 spiro atoms. The van der Waals surface area contributed by atoms with Crippen molar-refractivity contribution in [3.8, 4) is 0 Å². The molecule has 1 atom stereocenters. The zero-order valence-corrected chi connectivity index (χ0v) is 16.3. The quantitative estimate of drug-likeness (QED) is 0.822. The third kappa shape index (κ3) is 3.75. The van der Waals surface area contributed by atoms with E-state index in [1.807, 2.05) is 36.1 Å². The Hall–Kier alpha value is -2.80.